The summed E-state index contributed by atoms with van der Waals surface area (Å²) in [6.45, 7) is 4.87. The fourth-order valence-corrected chi connectivity index (χ4v) is 5.50. The summed E-state index contributed by atoms with van der Waals surface area (Å²) in [6, 6.07) is 8.39. The number of hydrogen-bond acceptors (Lipinski definition) is 6. The third kappa shape index (κ3) is 4.78. The predicted octanol–water partition coefficient (Wildman–Crippen LogP) is 5.52. The zero-order valence-corrected chi connectivity index (χ0v) is 18.6. The van der Waals surface area contributed by atoms with Crippen LogP contribution in [0.15, 0.2) is 35.6 Å². The molecule has 0 saturated carbocycles. The molecule has 4 heterocycles. The first-order valence-electron chi connectivity index (χ1n) is 10.8. The Morgan fingerprint density at radius 2 is 1.97 bits per heavy atom. The molecule has 1 fully saturated rings. The number of rotatable bonds is 5. The minimum absolute atomic E-state index is 0.239. The van der Waals surface area contributed by atoms with Crippen LogP contribution < -0.4 is 5.32 Å². The molecule has 1 aromatic carbocycles. The summed E-state index contributed by atoms with van der Waals surface area (Å²) in [4.78, 5) is 16.4. The second kappa shape index (κ2) is 8.44. The van der Waals surface area contributed by atoms with Crippen LogP contribution in [-0.4, -0.2) is 45.9 Å². The molecule has 2 aliphatic rings. The van der Waals surface area contributed by atoms with Gasteiger partial charge in [0.2, 0.25) is 0 Å². The topological polar surface area (TPSA) is 53.4 Å². The molecule has 0 aliphatic carbocycles. The van der Waals surface area contributed by atoms with Crippen LogP contribution in [0.5, 0.6) is 0 Å². The van der Waals surface area contributed by atoms with E-state index in [9.17, 15) is 13.2 Å². The summed E-state index contributed by atoms with van der Waals surface area (Å²) >= 11 is 1.08. The molecule has 0 bridgehead atoms. The van der Waals surface area contributed by atoms with Gasteiger partial charge in [-0.05, 0) is 43.0 Å². The Balaban J connectivity index is 1.20. The fraction of sp³-hybridized carbons (Fsp3) is 0.435. The SMILES string of the molecule is CC1=Nc2cc(CN3CCC(Nc4ncnc5sc(CC(F)(F)F)cc45)CC3)ccc2C1. The molecule has 1 saturated heterocycles. The molecule has 168 valence electrons. The van der Waals surface area contributed by atoms with Gasteiger partial charge in [0.1, 0.15) is 17.0 Å². The van der Waals surface area contributed by atoms with E-state index in [1.165, 1.54) is 23.2 Å². The lowest BCUT2D eigenvalue weighted by Gasteiger charge is -2.32. The second-order valence-corrected chi connectivity index (χ2v) is 9.74. The maximum Gasteiger partial charge on any atom is 0.393 e. The minimum atomic E-state index is -4.22. The van der Waals surface area contributed by atoms with Crippen LogP contribution in [0.25, 0.3) is 10.2 Å². The number of nitrogens with zero attached hydrogens (tertiary/aromatic N) is 4. The zero-order valence-electron chi connectivity index (χ0n) is 17.7. The molecule has 2 aliphatic heterocycles. The molecule has 0 amide bonds. The molecule has 1 N–H and O–H groups in total. The number of thiophene rings is 1. The van der Waals surface area contributed by atoms with E-state index in [0.717, 1.165) is 55.9 Å². The van der Waals surface area contributed by atoms with Crippen molar-refractivity contribution in [2.45, 2.75) is 51.4 Å². The molecule has 0 unspecified atom stereocenters. The van der Waals surface area contributed by atoms with E-state index in [-0.39, 0.29) is 10.9 Å². The van der Waals surface area contributed by atoms with E-state index in [2.05, 4.69) is 50.3 Å². The summed E-state index contributed by atoms with van der Waals surface area (Å²) < 4.78 is 38.3. The van der Waals surface area contributed by atoms with Crippen molar-refractivity contribution in [3.63, 3.8) is 0 Å². The number of anilines is 1. The van der Waals surface area contributed by atoms with Crippen LogP contribution in [0.4, 0.5) is 24.7 Å². The van der Waals surface area contributed by atoms with Crippen LogP contribution >= 0.6 is 11.3 Å². The number of aliphatic imine (C=N–C) groups is 1. The molecule has 5 nitrogen and oxygen atoms in total. The highest BCUT2D eigenvalue weighted by molar-refractivity contribution is 7.18. The Kier molecular flexibility index (Phi) is 5.63. The Morgan fingerprint density at radius 3 is 2.75 bits per heavy atom. The molecule has 5 rings (SSSR count). The number of likely N-dealkylation sites (tertiary alicyclic amines) is 1. The standard InChI is InChI=1S/C23H24F3N5S/c1-14-8-16-3-2-15(9-20(16)29-14)12-31-6-4-17(5-7-31)30-21-19-10-18(11-23(24,25)26)32-22(19)28-13-27-21/h2-3,9-10,13,17H,4-8,11-12H2,1H3,(H,27,28,30). The van der Waals surface area contributed by atoms with E-state index in [1.54, 1.807) is 6.07 Å². The highest BCUT2D eigenvalue weighted by atomic mass is 32.1. The maximum absolute atomic E-state index is 12.8. The molecule has 0 atom stereocenters. The first-order chi connectivity index (χ1) is 15.3. The van der Waals surface area contributed by atoms with Crippen LogP contribution in [0, 0.1) is 0 Å². The van der Waals surface area contributed by atoms with Crippen molar-refractivity contribution in [3.8, 4) is 0 Å². The molecule has 0 spiro atoms. The quantitative estimate of drug-likeness (QED) is 0.546. The Labute approximate surface area is 188 Å². The molecule has 2 aromatic heterocycles. The van der Waals surface area contributed by atoms with Crippen molar-refractivity contribution < 1.29 is 13.2 Å². The van der Waals surface area contributed by atoms with E-state index in [4.69, 9.17) is 0 Å². The summed E-state index contributed by atoms with van der Waals surface area (Å²) in [6.07, 6.45) is -0.880. The smallest absolute Gasteiger partial charge is 0.367 e. The van der Waals surface area contributed by atoms with Gasteiger partial charge in [-0.25, -0.2) is 9.97 Å². The highest BCUT2D eigenvalue weighted by Gasteiger charge is 2.29. The van der Waals surface area contributed by atoms with Gasteiger partial charge in [0.05, 0.1) is 17.5 Å². The maximum atomic E-state index is 12.8. The molecule has 9 heteroatoms. The van der Waals surface area contributed by atoms with Crippen LogP contribution in [0.3, 0.4) is 0 Å². The van der Waals surface area contributed by atoms with Crippen LogP contribution in [-0.2, 0) is 19.4 Å². The molecular weight excluding hydrogens is 435 g/mol. The van der Waals surface area contributed by atoms with Gasteiger partial charge >= 0.3 is 6.18 Å². The lowest BCUT2D eigenvalue weighted by molar-refractivity contribution is -0.126. The van der Waals surface area contributed by atoms with Gasteiger partial charge in [-0.15, -0.1) is 11.3 Å². The van der Waals surface area contributed by atoms with Crippen molar-refractivity contribution in [2.24, 2.45) is 4.99 Å². The Morgan fingerprint density at radius 1 is 1.16 bits per heavy atom. The lowest BCUT2D eigenvalue weighted by Crippen LogP contribution is -2.38. The van der Waals surface area contributed by atoms with Crippen molar-refractivity contribution in [2.75, 3.05) is 18.4 Å². The molecular formula is C23H24F3N5S. The van der Waals surface area contributed by atoms with Crippen LogP contribution in [0.2, 0.25) is 0 Å². The fourth-order valence-electron chi connectivity index (χ4n) is 4.47. The van der Waals surface area contributed by atoms with Gasteiger partial charge in [-0.3, -0.25) is 9.89 Å². The Hall–Kier alpha value is -2.52. The summed E-state index contributed by atoms with van der Waals surface area (Å²) in [5.74, 6) is 0.630. The summed E-state index contributed by atoms with van der Waals surface area (Å²) in [5, 5.41) is 4.13. The lowest BCUT2D eigenvalue weighted by atomic mass is 10.0. The minimum Gasteiger partial charge on any atom is -0.367 e. The van der Waals surface area contributed by atoms with Crippen molar-refractivity contribution in [1.82, 2.24) is 14.9 Å². The van der Waals surface area contributed by atoms with Crippen molar-refractivity contribution in [1.29, 1.82) is 0 Å². The number of hydrogen-bond donors (Lipinski definition) is 1. The predicted molar refractivity (Wildman–Crippen MR) is 122 cm³/mol. The molecule has 3 aromatic rings. The van der Waals surface area contributed by atoms with Gasteiger partial charge in [-0.2, -0.15) is 13.2 Å². The Bertz CT molecular complexity index is 1160. The monoisotopic (exact) mass is 459 g/mol. The third-order valence-corrected chi connectivity index (χ3v) is 7.04. The largest absolute Gasteiger partial charge is 0.393 e. The molecule has 0 radical (unpaired) electrons. The third-order valence-electron chi connectivity index (χ3n) is 6.00. The summed E-state index contributed by atoms with van der Waals surface area (Å²) in [5.41, 5.74) is 4.85. The van der Waals surface area contributed by atoms with E-state index < -0.39 is 12.6 Å². The van der Waals surface area contributed by atoms with E-state index in [1.807, 2.05) is 0 Å². The average Bonchev–Trinajstić information content (AvgIpc) is 3.30. The van der Waals surface area contributed by atoms with E-state index in [0.29, 0.717) is 16.0 Å². The van der Waals surface area contributed by atoms with Crippen molar-refractivity contribution in [3.05, 3.63) is 46.6 Å². The number of nitrogens with one attached hydrogen (secondary N) is 1. The number of halogens is 3. The van der Waals surface area contributed by atoms with Gasteiger partial charge < -0.3 is 5.32 Å². The number of fused-ring (bicyclic) bond motifs is 2. The highest BCUT2D eigenvalue weighted by Crippen LogP contribution is 2.33. The first-order valence-corrected chi connectivity index (χ1v) is 11.6. The first kappa shape index (κ1) is 21.3. The van der Waals surface area contributed by atoms with Crippen LogP contribution in [0.1, 0.15) is 35.8 Å². The second-order valence-electron chi connectivity index (χ2n) is 8.63. The molecule has 32 heavy (non-hydrogen) atoms. The van der Waals surface area contributed by atoms with Gasteiger partial charge in [0, 0.05) is 42.7 Å². The number of piperidine rings is 1. The van der Waals surface area contributed by atoms with E-state index >= 15 is 0 Å². The van der Waals surface area contributed by atoms with Gasteiger partial charge in [-0.1, -0.05) is 12.1 Å². The van der Waals surface area contributed by atoms with Crippen molar-refractivity contribution >= 4 is 38.8 Å². The number of benzene rings is 1. The van der Waals surface area contributed by atoms with Gasteiger partial charge in [0.25, 0.3) is 0 Å². The summed E-state index contributed by atoms with van der Waals surface area (Å²) in [7, 11) is 0. The normalized spacial score (nSPS) is 17.6. The zero-order chi connectivity index (χ0) is 22.3. The number of alkyl halides is 3. The average molecular weight is 460 g/mol. The number of aromatic nitrogens is 2. The van der Waals surface area contributed by atoms with Gasteiger partial charge in [0.15, 0.2) is 0 Å².